The number of nitrogens with one attached hydrogen (secondary N) is 2. The van der Waals surface area contributed by atoms with Gasteiger partial charge in [0, 0.05) is 37.1 Å². The van der Waals surface area contributed by atoms with Crippen LogP contribution in [0.4, 0.5) is 4.79 Å². The molecule has 1 unspecified atom stereocenters. The van der Waals surface area contributed by atoms with Crippen molar-refractivity contribution in [2.45, 2.75) is 104 Å². The molecule has 2 aliphatic rings. The molecule has 0 aliphatic carbocycles. The molecule has 1 atom stereocenters. The average Bonchev–Trinajstić information content (AvgIpc) is 3.16. The summed E-state index contributed by atoms with van der Waals surface area (Å²) >= 11 is 0. The second-order valence-electron chi connectivity index (χ2n) is 10.7. The van der Waals surface area contributed by atoms with Crippen LogP contribution in [0.3, 0.4) is 0 Å². The summed E-state index contributed by atoms with van der Waals surface area (Å²) in [6.07, 6.45) is 12.0. The van der Waals surface area contributed by atoms with Gasteiger partial charge in [-0.15, -0.1) is 0 Å². The Morgan fingerprint density at radius 1 is 1.13 bits per heavy atom. The van der Waals surface area contributed by atoms with Crippen LogP contribution in [0.15, 0.2) is 35.5 Å². The SMILES string of the molecule is C=CC1=C(/C(C#CCCCCCCCCCNC(=O)OC(C)(C)C)=C\C)CN(C2CCC(=O)NC2=O)C1=O. The van der Waals surface area contributed by atoms with Gasteiger partial charge >= 0.3 is 6.09 Å². The van der Waals surface area contributed by atoms with Gasteiger partial charge < -0.3 is 15.0 Å². The molecule has 8 heteroatoms. The highest BCUT2D eigenvalue weighted by Gasteiger charge is 2.40. The van der Waals surface area contributed by atoms with Gasteiger partial charge in [0.05, 0.1) is 0 Å². The number of nitrogens with zero attached hydrogens (tertiary/aromatic N) is 1. The van der Waals surface area contributed by atoms with E-state index in [0.29, 0.717) is 18.5 Å². The molecule has 0 aromatic heterocycles. The number of ether oxygens (including phenoxy) is 1. The molecule has 0 aromatic rings. The summed E-state index contributed by atoms with van der Waals surface area (Å²) in [5.74, 6) is 5.47. The van der Waals surface area contributed by atoms with Crippen molar-refractivity contribution >= 4 is 23.8 Å². The van der Waals surface area contributed by atoms with Crippen molar-refractivity contribution in [2.75, 3.05) is 13.1 Å². The monoisotopic (exact) mass is 525 g/mol. The molecule has 0 radical (unpaired) electrons. The van der Waals surface area contributed by atoms with E-state index in [4.69, 9.17) is 4.74 Å². The summed E-state index contributed by atoms with van der Waals surface area (Å²) in [7, 11) is 0. The molecule has 2 aliphatic heterocycles. The number of carbonyl (C=O) groups is 4. The molecule has 1 fully saturated rings. The fourth-order valence-electron chi connectivity index (χ4n) is 4.49. The normalized spacial score (nSPS) is 18.2. The van der Waals surface area contributed by atoms with E-state index in [1.807, 2.05) is 33.8 Å². The molecule has 0 aromatic carbocycles. The van der Waals surface area contributed by atoms with Gasteiger partial charge in [-0.25, -0.2) is 4.79 Å². The molecule has 0 saturated carbocycles. The van der Waals surface area contributed by atoms with Gasteiger partial charge in [0.2, 0.25) is 11.8 Å². The number of carbonyl (C=O) groups excluding carboxylic acids is 4. The minimum atomic E-state index is -0.653. The van der Waals surface area contributed by atoms with Crippen LogP contribution in [-0.2, 0) is 19.1 Å². The molecule has 2 heterocycles. The minimum absolute atomic E-state index is 0.223. The highest BCUT2D eigenvalue weighted by Crippen LogP contribution is 2.29. The Morgan fingerprint density at radius 2 is 1.79 bits per heavy atom. The Kier molecular flexibility index (Phi) is 12.3. The van der Waals surface area contributed by atoms with E-state index in [1.165, 1.54) is 11.0 Å². The molecular formula is C30H43N3O5. The van der Waals surface area contributed by atoms with Crippen molar-refractivity contribution in [2.24, 2.45) is 0 Å². The number of piperidine rings is 1. The summed E-state index contributed by atoms with van der Waals surface area (Å²) in [4.78, 5) is 49.9. The lowest BCUT2D eigenvalue weighted by atomic mass is 10.0. The van der Waals surface area contributed by atoms with Crippen LogP contribution in [0.2, 0.25) is 0 Å². The lowest BCUT2D eigenvalue weighted by Gasteiger charge is -2.29. The third-order valence-electron chi connectivity index (χ3n) is 6.42. The van der Waals surface area contributed by atoms with E-state index in [1.54, 1.807) is 0 Å². The first-order valence-corrected chi connectivity index (χ1v) is 13.7. The van der Waals surface area contributed by atoms with Crippen molar-refractivity contribution in [1.82, 2.24) is 15.5 Å². The molecule has 0 spiro atoms. The van der Waals surface area contributed by atoms with Gasteiger partial charge in [0.1, 0.15) is 11.6 Å². The molecular weight excluding hydrogens is 482 g/mol. The molecule has 1 saturated heterocycles. The predicted molar refractivity (Wildman–Crippen MR) is 148 cm³/mol. The molecule has 38 heavy (non-hydrogen) atoms. The molecule has 2 rings (SSSR count). The van der Waals surface area contributed by atoms with Gasteiger partial charge in [-0.2, -0.15) is 0 Å². The highest BCUT2D eigenvalue weighted by molar-refractivity contribution is 6.06. The number of imide groups is 1. The predicted octanol–water partition coefficient (Wildman–Crippen LogP) is 4.71. The molecule has 2 N–H and O–H groups in total. The van der Waals surface area contributed by atoms with Crippen LogP contribution in [0, 0.1) is 11.8 Å². The zero-order valence-electron chi connectivity index (χ0n) is 23.4. The number of rotatable bonds is 12. The number of alkyl carbamates (subject to hydrolysis) is 1. The topological polar surface area (TPSA) is 105 Å². The second-order valence-corrected chi connectivity index (χ2v) is 10.7. The zero-order chi connectivity index (χ0) is 28.1. The maximum atomic E-state index is 13.0. The average molecular weight is 526 g/mol. The maximum Gasteiger partial charge on any atom is 0.407 e. The maximum absolute atomic E-state index is 13.0. The van der Waals surface area contributed by atoms with Crippen LogP contribution in [-0.4, -0.2) is 53.4 Å². The van der Waals surface area contributed by atoms with Crippen LogP contribution < -0.4 is 10.6 Å². The van der Waals surface area contributed by atoms with Crippen LogP contribution >= 0.6 is 0 Å². The molecule has 0 bridgehead atoms. The van der Waals surface area contributed by atoms with Crippen molar-refractivity contribution < 1.29 is 23.9 Å². The van der Waals surface area contributed by atoms with Crippen molar-refractivity contribution in [3.8, 4) is 11.8 Å². The smallest absolute Gasteiger partial charge is 0.407 e. The third kappa shape index (κ3) is 9.85. The first-order valence-electron chi connectivity index (χ1n) is 13.7. The molecule has 208 valence electrons. The fraction of sp³-hybridized carbons (Fsp3) is 0.600. The van der Waals surface area contributed by atoms with Gasteiger partial charge in [-0.1, -0.05) is 62.7 Å². The molecule has 4 amide bonds. The lowest BCUT2D eigenvalue weighted by molar-refractivity contribution is -0.142. The highest BCUT2D eigenvalue weighted by atomic mass is 16.6. The van der Waals surface area contributed by atoms with E-state index in [2.05, 4.69) is 29.1 Å². The van der Waals surface area contributed by atoms with Crippen LogP contribution in [0.1, 0.15) is 91.9 Å². The first-order chi connectivity index (χ1) is 18.1. The number of unbranched alkanes of at least 4 members (excludes halogenated alkanes) is 7. The van der Waals surface area contributed by atoms with Crippen LogP contribution in [0.25, 0.3) is 0 Å². The number of allylic oxidation sites excluding steroid dienone is 1. The van der Waals surface area contributed by atoms with E-state index < -0.39 is 17.6 Å². The van der Waals surface area contributed by atoms with Gasteiger partial charge in [0.25, 0.3) is 5.91 Å². The Morgan fingerprint density at radius 3 is 2.39 bits per heavy atom. The van der Waals surface area contributed by atoms with E-state index in [0.717, 1.165) is 62.5 Å². The first kappa shape index (κ1) is 30.9. The quantitative estimate of drug-likeness (QED) is 0.218. The van der Waals surface area contributed by atoms with Gasteiger partial charge in [0.15, 0.2) is 0 Å². The Balaban J connectivity index is 1.68. The summed E-state index contributed by atoms with van der Waals surface area (Å²) < 4.78 is 5.22. The lowest BCUT2D eigenvalue weighted by Crippen LogP contribution is -2.53. The van der Waals surface area contributed by atoms with Crippen molar-refractivity contribution in [3.63, 3.8) is 0 Å². The summed E-state index contributed by atoms with van der Waals surface area (Å²) in [5.41, 5.74) is 1.57. The number of hydrogen-bond acceptors (Lipinski definition) is 5. The third-order valence-corrected chi connectivity index (χ3v) is 6.42. The Labute approximate surface area is 227 Å². The van der Waals surface area contributed by atoms with E-state index >= 15 is 0 Å². The Hall–Kier alpha value is -3.34. The summed E-state index contributed by atoms with van der Waals surface area (Å²) in [6.45, 7) is 12.2. The van der Waals surface area contributed by atoms with E-state index in [-0.39, 0.29) is 30.9 Å². The fourth-order valence-corrected chi connectivity index (χ4v) is 4.49. The van der Waals surface area contributed by atoms with E-state index in [9.17, 15) is 19.2 Å². The van der Waals surface area contributed by atoms with Gasteiger partial charge in [-0.05, 0) is 52.5 Å². The number of hydrogen-bond donors (Lipinski definition) is 2. The Bertz CT molecular complexity index is 1020. The minimum Gasteiger partial charge on any atom is -0.444 e. The zero-order valence-corrected chi connectivity index (χ0v) is 23.4. The van der Waals surface area contributed by atoms with Crippen molar-refractivity contribution in [1.29, 1.82) is 0 Å². The summed E-state index contributed by atoms with van der Waals surface area (Å²) in [6, 6.07) is -0.653. The van der Waals surface area contributed by atoms with Crippen molar-refractivity contribution in [3.05, 3.63) is 35.5 Å². The number of amides is 4. The largest absolute Gasteiger partial charge is 0.444 e. The summed E-state index contributed by atoms with van der Waals surface area (Å²) in [5, 5.41) is 5.11. The van der Waals surface area contributed by atoms with Crippen LogP contribution in [0.5, 0.6) is 0 Å². The second kappa shape index (κ2) is 15.2. The standard InChI is InChI=1S/C30H43N3O5/c1-6-22(24-21-33(28(36)23(24)7-2)25-18-19-26(34)32-27(25)35)17-15-13-11-9-8-10-12-14-16-20-31-29(37)38-30(3,4)5/h6-7,25H,2,8-14,16,18-21H2,1,3-5H3,(H,31,37)(H,32,34,35)/b22-6-. The molecule has 8 nitrogen and oxygen atoms in total. The van der Waals surface area contributed by atoms with Gasteiger partial charge in [-0.3, -0.25) is 19.7 Å².